The van der Waals surface area contributed by atoms with Crippen LogP contribution in [0.5, 0.6) is 0 Å². The molecule has 0 aliphatic rings. The van der Waals surface area contributed by atoms with Crippen LogP contribution in [0.4, 0.5) is 4.39 Å². The monoisotopic (exact) mass is 321 g/mol. The predicted molar refractivity (Wildman–Crippen MR) is 91.8 cm³/mol. The first-order chi connectivity index (χ1) is 11.7. The standard InChI is InChI=1S/C19H16FN3O/c1-2-14-11-18(24)23-17-10-6-5-9-16(17)22(19(23)21-14)12-13-7-3-4-8-15(13)20/h3-11H,2,12H2,1H3. The van der Waals surface area contributed by atoms with Gasteiger partial charge in [0.25, 0.3) is 5.56 Å². The lowest BCUT2D eigenvalue weighted by atomic mass is 10.2. The summed E-state index contributed by atoms with van der Waals surface area (Å²) in [6.07, 6.45) is 0.674. The van der Waals surface area contributed by atoms with Gasteiger partial charge in [0, 0.05) is 17.3 Å². The number of para-hydroxylation sites is 2. The Balaban J connectivity index is 2.07. The number of benzene rings is 2. The maximum absolute atomic E-state index is 14.1. The summed E-state index contributed by atoms with van der Waals surface area (Å²) >= 11 is 0. The van der Waals surface area contributed by atoms with Gasteiger partial charge in [-0.3, -0.25) is 4.79 Å². The Labute approximate surface area is 137 Å². The van der Waals surface area contributed by atoms with Gasteiger partial charge in [0.15, 0.2) is 0 Å². The fourth-order valence-electron chi connectivity index (χ4n) is 3.05. The molecule has 0 fully saturated rings. The minimum atomic E-state index is -0.262. The SMILES string of the molecule is CCc1cc(=O)n2c3ccccc3n(Cc3ccccc3F)c2n1. The number of aromatic nitrogens is 3. The molecule has 2 aromatic heterocycles. The van der Waals surface area contributed by atoms with Gasteiger partial charge in [0.2, 0.25) is 5.78 Å². The van der Waals surface area contributed by atoms with Crippen LogP contribution in [-0.4, -0.2) is 14.0 Å². The van der Waals surface area contributed by atoms with Gasteiger partial charge in [-0.2, -0.15) is 0 Å². The first-order valence-electron chi connectivity index (χ1n) is 7.92. The smallest absolute Gasteiger partial charge is 0.259 e. The Morgan fingerprint density at radius 3 is 2.50 bits per heavy atom. The predicted octanol–water partition coefficient (Wildman–Crippen LogP) is 3.40. The molecule has 2 aromatic carbocycles. The lowest BCUT2D eigenvalue weighted by Gasteiger charge is -2.07. The minimum absolute atomic E-state index is 0.111. The van der Waals surface area contributed by atoms with E-state index in [9.17, 15) is 9.18 Å². The van der Waals surface area contributed by atoms with Crippen molar-refractivity contribution in [1.82, 2.24) is 14.0 Å². The second-order valence-electron chi connectivity index (χ2n) is 5.74. The van der Waals surface area contributed by atoms with E-state index in [1.54, 1.807) is 22.6 Å². The zero-order valence-corrected chi connectivity index (χ0v) is 13.2. The molecule has 0 saturated carbocycles. The molecular weight excluding hydrogens is 305 g/mol. The van der Waals surface area contributed by atoms with Gasteiger partial charge in [0.1, 0.15) is 5.82 Å². The topological polar surface area (TPSA) is 39.3 Å². The molecule has 0 atom stereocenters. The highest BCUT2D eigenvalue weighted by Gasteiger charge is 2.15. The molecule has 4 rings (SSSR count). The van der Waals surface area contributed by atoms with Gasteiger partial charge in [-0.25, -0.2) is 13.8 Å². The third-order valence-corrected chi connectivity index (χ3v) is 4.26. The first-order valence-corrected chi connectivity index (χ1v) is 7.92. The minimum Gasteiger partial charge on any atom is -0.305 e. The highest BCUT2D eigenvalue weighted by molar-refractivity contribution is 5.80. The van der Waals surface area contributed by atoms with Gasteiger partial charge in [-0.05, 0) is 24.6 Å². The van der Waals surface area contributed by atoms with Crippen LogP contribution >= 0.6 is 0 Å². The molecule has 0 N–H and O–H groups in total. The van der Waals surface area contributed by atoms with Crippen LogP contribution in [0.15, 0.2) is 59.4 Å². The van der Waals surface area contributed by atoms with Crippen molar-refractivity contribution in [2.24, 2.45) is 0 Å². The van der Waals surface area contributed by atoms with Crippen LogP contribution in [-0.2, 0) is 13.0 Å². The van der Waals surface area contributed by atoms with E-state index < -0.39 is 0 Å². The summed E-state index contributed by atoms with van der Waals surface area (Å²) in [6.45, 7) is 2.28. The molecule has 4 aromatic rings. The molecule has 0 aliphatic heterocycles. The van der Waals surface area contributed by atoms with E-state index in [0.717, 1.165) is 16.7 Å². The average molecular weight is 321 g/mol. The largest absolute Gasteiger partial charge is 0.305 e. The molecule has 5 heteroatoms. The lowest BCUT2D eigenvalue weighted by Crippen LogP contribution is -2.16. The number of halogens is 1. The molecule has 0 bridgehead atoms. The fraction of sp³-hybridized carbons (Fsp3) is 0.158. The van der Waals surface area contributed by atoms with Gasteiger partial charge in [-0.15, -0.1) is 0 Å². The third-order valence-electron chi connectivity index (χ3n) is 4.26. The van der Waals surface area contributed by atoms with Crippen molar-refractivity contribution in [1.29, 1.82) is 0 Å². The van der Waals surface area contributed by atoms with Crippen molar-refractivity contribution in [2.45, 2.75) is 19.9 Å². The summed E-state index contributed by atoms with van der Waals surface area (Å²) in [7, 11) is 0. The summed E-state index contributed by atoms with van der Waals surface area (Å²) in [5.74, 6) is 0.284. The van der Waals surface area contributed by atoms with Crippen molar-refractivity contribution in [3.8, 4) is 0 Å². The maximum atomic E-state index is 14.1. The highest BCUT2D eigenvalue weighted by Crippen LogP contribution is 2.21. The van der Waals surface area contributed by atoms with Crippen LogP contribution in [0.2, 0.25) is 0 Å². The summed E-state index contributed by atoms with van der Waals surface area (Å²) < 4.78 is 17.6. The summed E-state index contributed by atoms with van der Waals surface area (Å²) in [5.41, 5.74) is 2.83. The Hall–Kier alpha value is -2.95. The van der Waals surface area contributed by atoms with Crippen LogP contribution in [0, 0.1) is 5.82 Å². The summed E-state index contributed by atoms with van der Waals surface area (Å²) in [6, 6.07) is 15.8. The number of fused-ring (bicyclic) bond motifs is 3. The number of hydrogen-bond acceptors (Lipinski definition) is 2. The molecule has 0 radical (unpaired) electrons. The molecule has 120 valence electrons. The average Bonchev–Trinajstić information content (AvgIpc) is 2.91. The van der Waals surface area contributed by atoms with Crippen molar-refractivity contribution in [2.75, 3.05) is 0 Å². The third kappa shape index (κ3) is 2.21. The van der Waals surface area contributed by atoms with E-state index in [0.29, 0.717) is 24.3 Å². The highest BCUT2D eigenvalue weighted by atomic mass is 19.1. The lowest BCUT2D eigenvalue weighted by molar-refractivity contribution is 0.603. The Morgan fingerprint density at radius 2 is 1.75 bits per heavy atom. The zero-order chi connectivity index (χ0) is 16.7. The number of aryl methyl sites for hydroxylation is 1. The van der Waals surface area contributed by atoms with Crippen molar-refractivity contribution >= 4 is 16.8 Å². The number of hydrogen-bond donors (Lipinski definition) is 0. The number of nitrogens with zero attached hydrogens (tertiary/aromatic N) is 3. The van der Waals surface area contributed by atoms with Crippen LogP contribution in [0.3, 0.4) is 0 Å². The van der Waals surface area contributed by atoms with Crippen molar-refractivity contribution in [3.63, 3.8) is 0 Å². The Morgan fingerprint density at radius 1 is 1.04 bits per heavy atom. The molecule has 0 spiro atoms. The van der Waals surface area contributed by atoms with Crippen LogP contribution in [0.25, 0.3) is 16.8 Å². The molecule has 0 saturated heterocycles. The summed E-state index contributed by atoms with van der Waals surface area (Å²) in [5, 5.41) is 0. The Bertz CT molecular complexity index is 1110. The van der Waals surface area contributed by atoms with E-state index in [1.807, 2.05) is 41.8 Å². The molecule has 0 aliphatic carbocycles. The van der Waals surface area contributed by atoms with E-state index in [2.05, 4.69) is 4.98 Å². The zero-order valence-electron chi connectivity index (χ0n) is 13.2. The van der Waals surface area contributed by atoms with E-state index >= 15 is 0 Å². The van der Waals surface area contributed by atoms with E-state index in [4.69, 9.17) is 0 Å². The van der Waals surface area contributed by atoms with E-state index in [1.165, 1.54) is 6.07 Å². The summed E-state index contributed by atoms with van der Waals surface area (Å²) in [4.78, 5) is 17.2. The molecule has 4 nitrogen and oxygen atoms in total. The molecule has 0 unspecified atom stereocenters. The van der Waals surface area contributed by atoms with E-state index in [-0.39, 0.29) is 11.4 Å². The second-order valence-corrected chi connectivity index (χ2v) is 5.74. The number of imidazole rings is 1. The first kappa shape index (κ1) is 14.6. The second kappa shape index (κ2) is 5.60. The molecule has 24 heavy (non-hydrogen) atoms. The van der Waals surface area contributed by atoms with Crippen LogP contribution in [0.1, 0.15) is 18.2 Å². The van der Waals surface area contributed by atoms with Gasteiger partial charge in [0.05, 0.1) is 17.6 Å². The molecule has 2 heterocycles. The van der Waals surface area contributed by atoms with Crippen molar-refractivity contribution in [3.05, 3.63) is 82.0 Å². The molecular formula is C19H16FN3O. The normalized spacial score (nSPS) is 11.4. The van der Waals surface area contributed by atoms with Gasteiger partial charge in [-0.1, -0.05) is 37.3 Å². The maximum Gasteiger partial charge on any atom is 0.259 e. The molecule has 0 amide bonds. The number of rotatable bonds is 3. The van der Waals surface area contributed by atoms with Gasteiger partial charge >= 0.3 is 0 Å². The van der Waals surface area contributed by atoms with Crippen LogP contribution < -0.4 is 5.56 Å². The quantitative estimate of drug-likeness (QED) is 0.580. The van der Waals surface area contributed by atoms with Crippen molar-refractivity contribution < 1.29 is 4.39 Å². The Kier molecular flexibility index (Phi) is 3.41. The van der Waals surface area contributed by atoms with Gasteiger partial charge < -0.3 is 4.57 Å². The fourth-order valence-corrected chi connectivity index (χ4v) is 3.05.